The van der Waals surface area contributed by atoms with Gasteiger partial charge in [0.25, 0.3) is 0 Å². The average Bonchev–Trinajstić information content (AvgIpc) is 2.95. The topological polar surface area (TPSA) is 62.3 Å². The number of nitrogens with zero attached hydrogens (tertiary/aromatic N) is 2. The van der Waals surface area contributed by atoms with Crippen LogP contribution in [0.3, 0.4) is 0 Å². The molecule has 0 aromatic carbocycles. The van der Waals surface area contributed by atoms with Crippen LogP contribution >= 0.6 is 0 Å². The van der Waals surface area contributed by atoms with Gasteiger partial charge in [0.15, 0.2) is 0 Å². The number of carbonyl (C=O) groups excluding carboxylic acids is 2. The van der Waals surface area contributed by atoms with E-state index in [4.69, 9.17) is 0 Å². The first-order chi connectivity index (χ1) is 11.2. The van der Waals surface area contributed by atoms with E-state index in [1.165, 1.54) is 12.3 Å². The quantitative estimate of drug-likeness (QED) is 0.920. The van der Waals surface area contributed by atoms with Gasteiger partial charge in [-0.15, -0.1) is 0 Å². The Morgan fingerprint density at radius 2 is 2.12 bits per heavy atom. The van der Waals surface area contributed by atoms with Gasteiger partial charge in [0.1, 0.15) is 11.9 Å². The van der Waals surface area contributed by atoms with E-state index in [1.807, 2.05) is 20.8 Å². The predicted molar refractivity (Wildman–Crippen MR) is 89.6 cm³/mol. The van der Waals surface area contributed by atoms with Crippen molar-refractivity contribution in [1.82, 2.24) is 15.2 Å². The molecule has 24 heavy (non-hydrogen) atoms. The minimum Gasteiger partial charge on any atom is -0.348 e. The maximum atomic E-state index is 13.3. The molecule has 1 aromatic heterocycles. The van der Waals surface area contributed by atoms with Gasteiger partial charge in [0.2, 0.25) is 11.8 Å². The van der Waals surface area contributed by atoms with Gasteiger partial charge < -0.3 is 10.2 Å². The average molecular weight is 335 g/mol. The Kier molecular flexibility index (Phi) is 5.57. The first-order valence-electron chi connectivity index (χ1n) is 8.38. The first kappa shape index (κ1) is 18.4. The standard InChI is InChI=1S/C18H26FN3O2/c1-12(13-8-14(19)11-20-10-13)21-17(24)15-6-5-7-22(15)16(23)9-18(2,3)4/h8,10-12,15H,5-7,9H2,1-4H3,(H,21,24). The third kappa shape index (κ3) is 4.76. The van der Waals surface area contributed by atoms with Crippen molar-refractivity contribution in [2.24, 2.45) is 5.41 Å². The SMILES string of the molecule is CC(NC(=O)C1CCCN1C(=O)CC(C)(C)C)c1cncc(F)c1. The third-order valence-corrected chi connectivity index (χ3v) is 4.14. The monoisotopic (exact) mass is 335 g/mol. The highest BCUT2D eigenvalue weighted by Crippen LogP contribution is 2.25. The van der Waals surface area contributed by atoms with Crippen LogP contribution in [0.2, 0.25) is 0 Å². The van der Waals surface area contributed by atoms with E-state index in [0.29, 0.717) is 24.9 Å². The minimum absolute atomic E-state index is 0.0141. The van der Waals surface area contributed by atoms with Gasteiger partial charge in [0, 0.05) is 19.2 Å². The molecule has 1 saturated heterocycles. The largest absolute Gasteiger partial charge is 0.348 e. The molecule has 1 aliphatic heterocycles. The Morgan fingerprint density at radius 3 is 2.75 bits per heavy atom. The highest BCUT2D eigenvalue weighted by atomic mass is 19.1. The minimum atomic E-state index is -0.441. The first-order valence-corrected chi connectivity index (χ1v) is 8.38. The molecule has 1 N–H and O–H groups in total. The summed E-state index contributed by atoms with van der Waals surface area (Å²) in [6, 6.07) is 0.555. The Balaban J connectivity index is 2.01. The molecule has 1 aromatic rings. The van der Waals surface area contributed by atoms with Crippen LogP contribution in [0, 0.1) is 11.2 Å². The van der Waals surface area contributed by atoms with E-state index in [9.17, 15) is 14.0 Å². The molecule has 1 fully saturated rings. The molecule has 2 heterocycles. The number of aromatic nitrogens is 1. The zero-order valence-corrected chi connectivity index (χ0v) is 14.8. The molecular weight excluding hydrogens is 309 g/mol. The smallest absolute Gasteiger partial charge is 0.243 e. The lowest BCUT2D eigenvalue weighted by Crippen LogP contribution is -2.47. The molecule has 132 valence electrons. The summed E-state index contributed by atoms with van der Waals surface area (Å²) in [5, 5.41) is 2.87. The van der Waals surface area contributed by atoms with Crippen molar-refractivity contribution in [1.29, 1.82) is 0 Å². The molecule has 0 radical (unpaired) electrons. The zero-order valence-electron chi connectivity index (χ0n) is 14.8. The number of rotatable bonds is 4. The lowest BCUT2D eigenvalue weighted by Gasteiger charge is -2.28. The number of amides is 2. The van der Waals surface area contributed by atoms with Gasteiger partial charge in [-0.3, -0.25) is 14.6 Å². The van der Waals surface area contributed by atoms with Crippen molar-refractivity contribution in [3.63, 3.8) is 0 Å². The van der Waals surface area contributed by atoms with Gasteiger partial charge in [-0.2, -0.15) is 0 Å². The van der Waals surface area contributed by atoms with E-state index in [-0.39, 0.29) is 23.3 Å². The Morgan fingerprint density at radius 1 is 1.42 bits per heavy atom. The molecule has 6 heteroatoms. The third-order valence-electron chi connectivity index (χ3n) is 4.14. The second-order valence-electron chi connectivity index (χ2n) is 7.65. The maximum absolute atomic E-state index is 13.3. The molecule has 5 nitrogen and oxygen atoms in total. The van der Waals surface area contributed by atoms with E-state index in [1.54, 1.807) is 11.8 Å². The summed E-state index contributed by atoms with van der Waals surface area (Å²) in [7, 11) is 0. The lowest BCUT2D eigenvalue weighted by molar-refractivity contribution is -0.140. The highest BCUT2D eigenvalue weighted by molar-refractivity contribution is 5.88. The number of likely N-dealkylation sites (tertiary alicyclic amines) is 1. The fraction of sp³-hybridized carbons (Fsp3) is 0.611. The van der Waals surface area contributed by atoms with Crippen LogP contribution in [0.15, 0.2) is 18.5 Å². The molecule has 2 unspecified atom stereocenters. The van der Waals surface area contributed by atoms with E-state index in [2.05, 4.69) is 10.3 Å². The van der Waals surface area contributed by atoms with Crippen LogP contribution in [0.4, 0.5) is 4.39 Å². The molecule has 2 rings (SSSR count). The molecule has 1 aliphatic rings. The maximum Gasteiger partial charge on any atom is 0.243 e. The second kappa shape index (κ2) is 7.28. The predicted octanol–water partition coefficient (Wildman–Crippen LogP) is 2.83. The number of hydrogen-bond acceptors (Lipinski definition) is 3. The number of nitrogens with one attached hydrogen (secondary N) is 1. The summed E-state index contributed by atoms with van der Waals surface area (Å²) >= 11 is 0. The van der Waals surface area contributed by atoms with Crippen molar-refractivity contribution < 1.29 is 14.0 Å². The van der Waals surface area contributed by atoms with Crippen LogP contribution < -0.4 is 5.32 Å². The molecule has 0 aliphatic carbocycles. The Bertz CT molecular complexity index is 613. The lowest BCUT2D eigenvalue weighted by atomic mass is 9.91. The van der Waals surface area contributed by atoms with Crippen molar-refractivity contribution >= 4 is 11.8 Å². The molecule has 2 atom stereocenters. The van der Waals surface area contributed by atoms with Gasteiger partial charge in [0.05, 0.1) is 12.2 Å². The highest BCUT2D eigenvalue weighted by Gasteiger charge is 2.35. The van der Waals surface area contributed by atoms with Crippen molar-refractivity contribution in [2.45, 2.75) is 59.0 Å². The number of pyridine rings is 1. The van der Waals surface area contributed by atoms with Gasteiger partial charge in [-0.05, 0) is 36.8 Å². The summed E-state index contributed by atoms with van der Waals surface area (Å²) in [6.07, 6.45) is 4.56. The zero-order chi connectivity index (χ0) is 17.9. The fourth-order valence-corrected chi connectivity index (χ4v) is 2.95. The fourth-order valence-electron chi connectivity index (χ4n) is 2.95. The van der Waals surface area contributed by atoms with Gasteiger partial charge >= 0.3 is 0 Å². The van der Waals surface area contributed by atoms with Crippen molar-refractivity contribution in [3.05, 3.63) is 29.8 Å². The van der Waals surface area contributed by atoms with Gasteiger partial charge in [-0.1, -0.05) is 20.8 Å². The van der Waals surface area contributed by atoms with Crippen molar-refractivity contribution in [3.8, 4) is 0 Å². The Labute approximate surface area is 142 Å². The van der Waals surface area contributed by atoms with Crippen LogP contribution in [0.1, 0.15) is 58.6 Å². The van der Waals surface area contributed by atoms with E-state index in [0.717, 1.165) is 12.6 Å². The number of carbonyl (C=O) groups is 2. The van der Waals surface area contributed by atoms with Gasteiger partial charge in [-0.25, -0.2) is 4.39 Å². The molecule has 0 saturated carbocycles. The summed E-state index contributed by atoms with van der Waals surface area (Å²) in [4.78, 5) is 30.5. The number of hydrogen-bond donors (Lipinski definition) is 1. The normalized spacial score (nSPS) is 19.2. The van der Waals surface area contributed by atoms with Crippen LogP contribution in [-0.4, -0.2) is 34.3 Å². The molecule has 2 amide bonds. The van der Waals surface area contributed by atoms with E-state index >= 15 is 0 Å². The summed E-state index contributed by atoms with van der Waals surface area (Å²) in [5.41, 5.74) is 0.496. The molecule has 0 bridgehead atoms. The molecular formula is C18H26FN3O2. The van der Waals surface area contributed by atoms with Crippen LogP contribution in [0.5, 0.6) is 0 Å². The van der Waals surface area contributed by atoms with Crippen LogP contribution in [0.25, 0.3) is 0 Å². The molecule has 0 spiro atoms. The van der Waals surface area contributed by atoms with E-state index < -0.39 is 11.9 Å². The summed E-state index contributed by atoms with van der Waals surface area (Å²) < 4.78 is 13.3. The van der Waals surface area contributed by atoms with Crippen molar-refractivity contribution in [2.75, 3.05) is 6.54 Å². The second-order valence-corrected chi connectivity index (χ2v) is 7.65. The Hall–Kier alpha value is -1.98. The summed E-state index contributed by atoms with van der Waals surface area (Å²) in [6.45, 7) is 8.42. The summed E-state index contributed by atoms with van der Waals surface area (Å²) in [5.74, 6) is -0.608. The van der Waals surface area contributed by atoms with Crippen LogP contribution in [-0.2, 0) is 9.59 Å². The number of halogens is 1.